The van der Waals surface area contributed by atoms with Crippen LogP contribution in [0.25, 0.3) is 23.3 Å². The summed E-state index contributed by atoms with van der Waals surface area (Å²) in [5.41, 5.74) is 13.9. The predicted molar refractivity (Wildman–Crippen MR) is 164 cm³/mol. The molecule has 5 aromatic rings. The summed E-state index contributed by atoms with van der Waals surface area (Å²) < 4.78 is 0. The van der Waals surface area contributed by atoms with Crippen LogP contribution in [0.5, 0.6) is 0 Å². The minimum absolute atomic E-state index is 0.0944. The van der Waals surface area contributed by atoms with E-state index < -0.39 is 0 Å². The van der Waals surface area contributed by atoms with Gasteiger partial charge in [0.05, 0.1) is 0 Å². The van der Waals surface area contributed by atoms with Gasteiger partial charge in [-0.05, 0) is 89.2 Å². The van der Waals surface area contributed by atoms with Crippen molar-refractivity contribution in [1.82, 2.24) is 0 Å². The number of benzene rings is 5. The van der Waals surface area contributed by atoms with Gasteiger partial charge in [0.1, 0.15) is 0 Å². The number of anilines is 3. The van der Waals surface area contributed by atoms with Gasteiger partial charge in [-0.25, -0.2) is 0 Å². The molecule has 5 aromatic carbocycles. The zero-order valence-electron chi connectivity index (χ0n) is 22.6. The van der Waals surface area contributed by atoms with Crippen molar-refractivity contribution in [2.75, 3.05) is 4.90 Å². The van der Waals surface area contributed by atoms with E-state index in [1.165, 1.54) is 55.9 Å². The van der Waals surface area contributed by atoms with Crippen molar-refractivity contribution in [2.45, 2.75) is 33.1 Å². The standard InChI is InChI=1S/C37H33N/c1-26-10-8-12-28(22-26)16-17-29-18-20-33-34-21-19-32(25-36(34)37(3,4)35(33)24-29)38(30-13-6-5-7-14-30)31-15-9-11-27(2)23-31/h5-25H,1-4H3. The summed E-state index contributed by atoms with van der Waals surface area (Å²) in [5.74, 6) is 0. The fourth-order valence-corrected chi connectivity index (χ4v) is 5.74. The summed E-state index contributed by atoms with van der Waals surface area (Å²) in [4.78, 5) is 2.36. The highest BCUT2D eigenvalue weighted by atomic mass is 15.1. The molecule has 0 heterocycles. The van der Waals surface area contributed by atoms with Gasteiger partial charge in [0.25, 0.3) is 0 Å². The Bertz CT molecular complexity index is 1660. The molecule has 0 spiro atoms. The molecule has 0 fully saturated rings. The maximum absolute atomic E-state index is 2.40. The number of hydrogen-bond donors (Lipinski definition) is 0. The van der Waals surface area contributed by atoms with Crippen LogP contribution in [0.2, 0.25) is 0 Å². The number of rotatable bonds is 5. The van der Waals surface area contributed by atoms with E-state index in [0.29, 0.717) is 0 Å². The molecule has 0 aromatic heterocycles. The van der Waals surface area contributed by atoms with Crippen LogP contribution in [0.15, 0.2) is 115 Å². The second-order valence-corrected chi connectivity index (χ2v) is 10.9. The minimum Gasteiger partial charge on any atom is -0.310 e. The zero-order valence-corrected chi connectivity index (χ0v) is 22.6. The van der Waals surface area contributed by atoms with E-state index in [0.717, 1.165) is 5.69 Å². The molecular formula is C37H33N. The van der Waals surface area contributed by atoms with E-state index in [1.807, 2.05) is 0 Å². The number of fused-ring (bicyclic) bond motifs is 3. The SMILES string of the molecule is Cc1cccc(C=Cc2ccc3c(c2)C(C)(C)c2cc(N(c4ccccc4)c4cccc(C)c4)ccc2-3)c1. The Morgan fingerprint density at radius 2 is 1.08 bits per heavy atom. The second kappa shape index (κ2) is 9.50. The molecule has 6 rings (SSSR count). The van der Waals surface area contributed by atoms with Crippen molar-refractivity contribution < 1.29 is 0 Å². The van der Waals surface area contributed by atoms with Gasteiger partial charge in [-0.3, -0.25) is 0 Å². The van der Waals surface area contributed by atoms with Gasteiger partial charge >= 0.3 is 0 Å². The summed E-state index contributed by atoms with van der Waals surface area (Å²) in [6.45, 7) is 9.00. The second-order valence-electron chi connectivity index (χ2n) is 10.9. The van der Waals surface area contributed by atoms with Gasteiger partial charge in [-0.2, -0.15) is 0 Å². The number of nitrogens with zero attached hydrogens (tertiary/aromatic N) is 1. The lowest BCUT2D eigenvalue weighted by molar-refractivity contribution is 0.660. The summed E-state index contributed by atoms with van der Waals surface area (Å²) in [6.07, 6.45) is 4.44. The van der Waals surface area contributed by atoms with Crippen LogP contribution in [-0.2, 0) is 5.41 Å². The third kappa shape index (κ3) is 4.35. The highest BCUT2D eigenvalue weighted by Crippen LogP contribution is 2.51. The lowest BCUT2D eigenvalue weighted by atomic mass is 9.81. The third-order valence-corrected chi connectivity index (χ3v) is 7.73. The molecule has 1 heteroatoms. The first-order valence-corrected chi connectivity index (χ1v) is 13.4. The van der Waals surface area contributed by atoms with Gasteiger partial charge < -0.3 is 4.90 Å². The summed E-state index contributed by atoms with van der Waals surface area (Å²) in [6, 6.07) is 41.9. The normalized spacial score (nSPS) is 13.4. The van der Waals surface area contributed by atoms with Crippen LogP contribution in [0.4, 0.5) is 17.1 Å². The molecule has 0 bridgehead atoms. The van der Waals surface area contributed by atoms with Crippen molar-refractivity contribution in [3.63, 3.8) is 0 Å². The molecule has 38 heavy (non-hydrogen) atoms. The Morgan fingerprint density at radius 3 is 1.79 bits per heavy atom. The van der Waals surface area contributed by atoms with Gasteiger partial charge in [-0.15, -0.1) is 0 Å². The molecule has 186 valence electrons. The highest BCUT2D eigenvalue weighted by Gasteiger charge is 2.36. The Kier molecular flexibility index (Phi) is 6.00. The zero-order chi connectivity index (χ0) is 26.3. The fourth-order valence-electron chi connectivity index (χ4n) is 5.74. The molecule has 0 saturated heterocycles. The van der Waals surface area contributed by atoms with Crippen molar-refractivity contribution >= 4 is 29.2 Å². The quantitative estimate of drug-likeness (QED) is 0.221. The van der Waals surface area contributed by atoms with Crippen molar-refractivity contribution in [2.24, 2.45) is 0 Å². The van der Waals surface area contributed by atoms with Crippen molar-refractivity contribution in [3.8, 4) is 11.1 Å². The first kappa shape index (κ1) is 24.0. The van der Waals surface area contributed by atoms with E-state index in [2.05, 4.69) is 160 Å². The summed E-state index contributed by atoms with van der Waals surface area (Å²) >= 11 is 0. The Balaban J connectivity index is 1.41. The smallest absolute Gasteiger partial charge is 0.0465 e. The monoisotopic (exact) mass is 491 g/mol. The van der Waals surface area contributed by atoms with Gasteiger partial charge in [-0.1, -0.05) is 110 Å². The van der Waals surface area contributed by atoms with E-state index in [1.54, 1.807) is 0 Å². The lowest BCUT2D eigenvalue weighted by Crippen LogP contribution is -2.16. The topological polar surface area (TPSA) is 3.24 Å². The maximum Gasteiger partial charge on any atom is 0.0465 e. The number of para-hydroxylation sites is 1. The minimum atomic E-state index is -0.0944. The largest absolute Gasteiger partial charge is 0.310 e. The molecule has 1 aliphatic rings. The van der Waals surface area contributed by atoms with Crippen LogP contribution < -0.4 is 4.90 Å². The molecule has 0 N–H and O–H groups in total. The number of aryl methyl sites for hydroxylation is 2. The Morgan fingerprint density at radius 1 is 0.500 bits per heavy atom. The Hall–Kier alpha value is -4.36. The summed E-state index contributed by atoms with van der Waals surface area (Å²) in [5, 5.41) is 0. The van der Waals surface area contributed by atoms with Crippen LogP contribution in [0.1, 0.15) is 47.2 Å². The van der Waals surface area contributed by atoms with Crippen LogP contribution in [-0.4, -0.2) is 0 Å². The molecule has 0 radical (unpaired) electrons. The average molecular weight is 492 g/mol. The van der Waals surface area contributed by atoms with E-state index in [4.69, 9.17) is 0 Å². The molecular weight excluding hydrogens is 458 g/mol. The molecule has 0 saturated carbocycles. The first-order chi connectivity index (χ1) is 18.4. The van der Waals surface area contributed by atoms with Crippen molar-refractivity contribution in [1.29, 1.82) is 0 Å². The van der Waals surface area contributed by atoms with Crippen LogP contribution in [0, 0.1) is 13.8 Å². The maximum atomic E-state index is 2.40. The van der Waals surface area contributed by atoms with E-state index in [9.17, 15) is 0 Å². The molecule has 0 atom stereocenters. The highest BCUT2D eigenvalue weighted by molar-refractivity contribution is 5.86. The van der Waals surface area contributed by atoms with Crippen LogP contribution >= 0.6 is 0 Å². The summed E-state index contributed by atoms with van der Waals surface area (Å²) in [7, 11) is 0. The van der Waals surface area contributed by atoms with Gasteiger partial charge in [0.2, 0.25) is 0 Å². The first-order valence-electron chi connectivity index (χ1n) is 13.4. The average Bonchev–Trinajstić information content (AvgIpc) is 3.14. The predicted octanol–water partition coefficient (Wildman–Crippen LogP) is 10.2. The van der Waals surface area contributed by atoms with E-state index in [-0.39, 0.29) is 5.41 Å². The van der Waals surface area contributed by atoms with Crippen molar-refractivity contribution in [3.05, 3.63) is 149 Å². The van der Waals surface area contributed by atoms with Gasteiger partial charge in [0.15, 0.2) is 0 Å². The molecule has 0 unspecified atom stereocenters. The third-order valence-electron chi connectivity index (χ3n) is 7.73. The van der Waals surface area contributed by atoms with E-state index >= 15 is 0 Å². The molecule has 1 nitrogen and oxygen atoms in total. The number of hydrogen-bond acceptors (Lipinski definition) is 1. The van der Waals surface area contributed by atoms with Gasteiger partial charge in [0, 0.05) is 22.5 Å². The fraction of sp³-hybridized carbons (Fsp3) is 0.135. The molecule has 0 amide bonds. The molecule has 0 aliphatic heterocycles. The lowest BCUT2D eigenvalue weighted by Gasteiger charge is -2.28. The Labute approximate surface area is 226 Å². The van der Waals surface area contributed by atoms with Crippen LogP contribution in [0.3, 0.4) is 0 Å². The molecule has 1 aliphatic carbocycles.